The third-order valence-electron chi connectivity index (χ3n) is 5.18. The average Bonchev–Trinajstić information content (AvgIpc) is 2.83. The van der Waals surface area contributed by atoms with Gasteiger partial charge >= 0.3 is 6.03 Å². The molecule has 2 N–H and O–H groups in total. The molecule has 1 saturated heterocycles. The van der Waals surface area contributed by atoms with Crippen molar-refractivity contribution in [3.63, 3.8) is 0 Å². The van der Waals surface area contributed by atoms with Crippen molar-refractivity contribution in [2.45, 2.75) is 38.1 Å². The Morgan fingerprint density at radius 3 is 2.88 bits per heavy atom. The third kappa shape index (κ3) is 3.13. The highest BCUT2D eigenvalue weighted by atomic mass is 35.5. The number of imide groups is 1. The molecule has 4 amide bonds. The monoisotopic (exact) mass is 374 g/mol. The van der Waals surface area contributed by atoms with Gasteiger partial charge in [-0.1, -0.05) is 31.4 Å². The molecule has 26 heavy (non-hydrogen) atoms. The van der Waals surface area contributed by atoms with E-state index in [1.807, 2.05) is 13.0 Å². The lowest BCUT2D eigenvalue weighted by atomic mass is 9.73. The standard InChI is InChI=1S/C18H19ClN4O3/c1-11-4-2-3-7-18(11)16(25)23(17(26)22-18)10-15(24)21-13-6-5-12(9-20)14(19)8-13/h5-6,8,11H,2-4,7,10H2,1H3,(H,21,24)(H,22,26). The van der Waals surface area contributed by atoms with Crippen molar-refractivity contribution >= 4 is 35.1 Å². The van der Waals surface area contributed by atoms with Crippen LogP contribution in [0.25, 0.3) is 0 Å². The highest BCUT2D eigenvalue weighted by molar-refractivity contribution is 6.32. The van der Waals surface area contributed by atoms with Crippen molar-refractivity contribution in [1.82, 2.24) is 10.2 Å². The Morgan fingerprint density at radius 1 is 1.46 bits per heavy atom. The fraction of sp³-hybridized carbons (Fsp3) is 0.444. The molecule has 1 spiro atoms. The zero-order valence-electron chi connectivity index (χ0n) is 14.3. The van der Waals surface area contributed by atoms with Crippen LogP contribution in [0.1, 0.15) is 38.2 Å². The predicted octanol–water partition coefficient (Wildman–Crippen LogP) is 2.65. The van der Waals surface area contributed by atoms with Crippen molar-refractivity contribution in [2.24, 2.45) is 5.92 Å². The van der Waals surface area contributed by atoms with E-state index < -0.39 is 17.5 Å². The minimum absolute atomic E-state index is 0.0399. The van der Waals surface area contributed by atoms with Crippen LogP contribution in [0.5, 0.6) is 0 Å². The van der Waals surface area contributed by atoms with Crippen molar-refractivity contribution in [3.8, 4) is 6.07 Å². The van der Waals surface area contributed by atoms with E-state index in [0.29, 0.717) is 17.7 Å². The van der Waals surface area contributed by atoms with Crippen LogP contribution in [-0.4, -0.2) is 34.8 Å². The van der Waals surface area contributed by atoms with E-state index in [4.69, 9.17) is 16.9 Å². The Balaban J connectivity index is 1.69. The molecule has 0 bridgehead atoms. The fourth-order valence-corrected chi connectivity index (χ4v) is 3.89. The molecular formula is C18H19ClN4O3. The fourth-order valence-electron chi connectivity index (χ4n) is 3.67. The molecule has 1 aromatic carbocycles. The lowest BCUT2D eigenvalue weighted by molar-refractivity contribution is -0.136. The molecule has 2 atom stereocenters. The number of nitriles is 1. The van der Waals surface area contributed by atoms with Gasteiger partial charge in [-0.05, 0) is 37.0 Å². The summed E-state index contributed by atoms with van der Waals surface area (Å²) in [5.74, 6) is -0.796. The summed E-state index contributed by atoms with van der Waals surface area (Å²) in [7, 11) is 0. The number of rotatable bonds is 3. The Morgan fingerprint density at radius 2 is 2.23 bits per heavy atom. The van der Waals surface area contributed by atoms with Crippen LogP contribution in [-0.2, 0) is 9.59 Å². The first kappa shape index (κ1) is 18.2. The predicted molar refractivity (Wildman–Crippen MR) is 95.4 cm³/mol. The molecule has 0 aromatic heterocycles. The molecule has 1 aromatic rings. The summed E-state index contributed by atoms with van der Waals surface area (Å²) in [6, 6.07) is 5.89. The molecule has 2 fully saturated rings. The summed E-state index contributed by atoms with van der Waals surface area (Å²) in [6.45, 7) is 1.59. The molecule has 0 radical (unpaired) electrons. The number of halogens is 1. The molecule has 1 aliphatic heterocycles. The van der Waals surface area contributed by atoms with E-state index in [0.717, 1.165) is 24.2 Å². The smallest absolute Gasteiger partial charge is 0.324 e. The van der Waals surface area contributed by atoms with Crippen LogP contribution in [0.4, 0.5) is 10.5 Å². The highest BCUT2D eigenvalue weighted by Crippen LogP contribution is 2.38. The van der Waals surface area contributed by atoms with Crippen molar-refractivity contribution < 1.29 is 14.4 Å². The second-order valence-electron chi connectivity index (χ2n) is 6.79. The van der Waals surface area contributed by atoms with Gasteiger partial charge in [-0.15, -0.1) is 0 Å². The first-order valence-electron chi connectivity index (χ1n) is 8.51. The summed E-state index contributed by atoms with van der Waals surface area (Å²) in [4.78, 5) is 38.4. The number of benzene rings is 1. The van der Waals surface area contributed by atoms with Crippen molar-refractivity contribution in [2.75, 3.05) is 11.9 Å². The Hall–Kier alpha value is -2.59. The summed E-state index contributed by atoms with van der Waals surface area (Å²) in [6.07, 6.45) is 3.38. The minimum atomic E-state index is -0.882. The Labute approximate surface area is 156 Å². The quantitative estimate of drug-likeness (QED) is 0.794. The number of carbonyl (C=O) groups is 3. The van der Waals surface area contributed by atoms with Crippen LogP contribution in [0.2, 0.25) is 5.02 Å². The number of hydrogen-bond donors (Lipinski definition) is 2. The lowest BCUT2D eigenvalue weighted by Gasteiger charge is -2.36. The van der Waals surface area contributed by atoms with Gasteiger partial charge in [-0.25, -0.2) is 4.79 Å². The molecule has 1 aliphatic carbocycles. The van der Waals surface area contributed by atoms with E-state index in [9.17, 15) is 14.4 Å². The van der Waals surface area contributed by atoms with Crippen LogP contribution in [0.3, 0.4) is 0 Å². The van der Waals surface area contributed by atoms with Crippen molar-refractivity contribution in [3.05, 3.63) is 28.8 Å². The van der Waals surface area contributed by atoms with Crippen molar-refractivity contribution in [1.29, 1.82) is 5.26 Å². The summed E-state index contributed by atoms with van der Waals surface area (Å²) in [5, 5.41) is 14.5. The summed E-state index contributed by atoms with van der Waals surface area (Å²) < 4.78 is 0. The number of amides is 4. The number of nitrogens with zero attached hydrogens (tertiary/aromatic N) is 2. The zero-order valence-corrected chi connectivity index (χ0v) is 15.1. The summed E-state index contributed by atoms with van der Waals surface area (Å²) in [5.41, 5.74) is -0.188. The molecular weight excluding hydrogens is 356 g/mol. The second kappa shape index (κ2) is 6.96. The number of nitrogens with one attached hydrogen (secondary N) is 2. The van der Waals surface area contributed by atoms with E-state index >= 15 is 0 Å². The largest absolute Gasteiger partial charge is 0.325 e. The third-order valence-corrected chi connectivity index (χ3v) is 5.49. The maximum Gasteiger partial charge on any atom is 0.325 e. The maximum absolute atomic E-state index is 12.8. The van der Waals surface area contributed by atoms with Gasteiger partial charge in [0.15, 0.2) is 0 Å². The van der Waals surface area contributed by atoms with E-state index in [1.54, 1.807) is 6.07 Å². The minimum Gasteiger partial charge on any atom is -0.324 e. The summed E-state index contributed by atoms with van der Waals surface area (Å²) >= 11 is 5.94. The van der Waals surface area contributed by atoms with E-state index in [2.05, 4.69) is 10.6 Å². The Bertz CT molecular complexity index is 819. The van der Waals surface area contributed by atoms with E-state index in [-0.39, 0.29) is 23.4 Å². The van der Waals surface area contributed by atoms with Gasteiger partial charge < -0.3 is 10.6 Å². The maximum atomic E-state index is 12.8. The molecule has 1 heterocycles. The lowest BCUT2D eigenvalue weighted by Crippen LogP contribution is -2.54. The van der Waals surface area contributed by atoms with Crippen LogP contribution in [0.15, 0.2) is 18.2 Å². The number of hydrogen-bond acceptors (Lipinski definition) is 4. The van der Waals surface area contributed by atoms with Gasteiger partial charge in [0.1, 0.15) is 18.2 Å². The molecule has 2 unspecified atom stereocenters. The van der Waals surface area contributed by atoms with Crippen LogP contribution in [0, 0.1) is 17.2 Å². The number of anilines is 1. The molecule has 2 aliphatic rings. The second-order valence-corrected chi connectivity index (χ2v) is 7.20. The topological polar surface area (TPSA) is 102 Å². The highest BCUT2D eigenvalue weighted by Gasteiger charge is 2.55. The first-order chi connectivity index (χ1) is 12.4. The number of urea groups is 1. The average molecular weight is 375 g/mol. The van der Waals surface area contributed by atoms with Gasteiger partial charge in [-0.2, -0.15) is 5.26 Å². The zero-order chi connectivity index (χ0) is 18.9. The van der Waals surface area contributed by atoms with E-state index in [1.165, 1.54) is 12.1 Å². The molecule has 8 heteroatoms. The Kier molecular flexibility index (Phi) is 4.88. The van der Waals surface area contributed by atoms with Gasteiger partial charge in [0, 0.05) is 5.69 Å². The SMILES string of the molecule is CC1CCCCC12NC(=O)N(CC(=O)Nc1ccc(C#N)c(Cl)c1)C2=O. The molecule has 136 valence electrons. The van der Waals surface area contributed by atoms with Gasteiger partial charge in [0.25, 0.3) is 5.91 Å². The van der Waals surface area contributed by atoms with Gasteiger partial charge in [0.2, 0.25) is 5.91 Å². The van der Waals surface area contributed by atoms with Gasteiger partial charge in [0.05, 0.1) is 10.6 Å². The number of carbonyl (C=O) groups excluding carboxylic acids is 3. The first-order valence-corrected chi connectivity index (χ1v) is 8.89. The molecule has 7 nitrogen and oxygen atoms in total. The normalized spacial score (nSPS) is 25.1. The van der Waals surface area contributed by atoms with Crippen LogP contribution >= 0.6 is 11.6 Å². The molecule has 1 saturated carbocycles. The molecule has 3 rings (SSSR count). The van der Waals surface area contributed by atoms with Crippen LogP contribution < -0.4 is 10.6 Å². The van der Waals surface area contributed by atoms with Gasteiger partial charge in [-0.3, -0.25) is 14.5 Å².